The van der Waals surface area contributed by atoms with Gasteiger partial charge in [0.2, 0.25) is 0 Å². The quantitative estimate of drug-likeness (QED) is 0.911. The fourth-order valence-corrected chi connectivity index (χ4v) is 2.68. The first-order valence-electron chi connectivity index (χ1n) is 7.63. The lowest BCUT2D eigenvalue weighted by Gasteiger charge is -2.20. The van der Waals surface area contributed by atoms with Crippen LogP contribution in [0.1, 0.15) is 18.5 Å². The van der Waals surface area contributed by atoms with Gasteiger partial charge in [-0.25, -0.2) is 4.79 Å². The molecule has 0 aliphatic carbocycles. The molecule has 3 rings (SSSR count). The second-order valence-corrected chi connectivity index (χ2v) is 5.43. The Kier molecular flexibility index (Phi) is 4.37. The van der Waals surface area contributed by atoms with Crippen LogP contribution in [0.15, 0.2) is 48.5 Å². The molecule has 1 amide bonds. The minimum Gasteiger partial charge on any atom is -0.495 e. The van der Waals surface area contributed by atoms with Gasteiger partial charge in [-0.2, -0.15) is 0 Å². The molecule has 1 saturated heterocycles. The van der Waals surface area contributed by atoms with Gasteiger partial charge >= 0.3 is 6.09 Å². The van der Waals surface area contributed by atoms with Crippen LogP contribution < -0.4 is 15.0 Å². The van der Waals surface area contributed by atoms with Crippen LogP contribution in [0, 0.1) is 0 Å². The topological polar surface area (TPSA) is 50.8 Å². The summed E-state index contributed by atoms with van der Waals surface area (Å²) < 4.78 is 10.4. The second-order valence-electron chi connectivity index (χ2n) is 5.43. The van der Waals surface area contributed by atoms with E-state index in [1.165, 1.54) is 5.56 Å². The first-order chi connectivity index (χ1) is 11.2. The highest BCUT2D eigenvalue weighted by Crippen LogP contribution is 2.34. The van der Waals surface area contributed by atoms with E-state index in [9.17, 15) is 4.79 Å². The summed E-state index contributed by atoms with van der Waals surface area (Å²) in [5, 5.41) is 3.45. The molecular weight excluding hydrogens is 292 g/mol. The molecule has 1 fully saturated rings. The number of nitrogens with one attached hydrogen (secondary N) is 1. The minimum absolute atomic E-state index is 0.156. The molecule has 5 nitrogen and oxygen atoms in total. The predicted molar refractivity (Wildman–Crippen MR) is 90.2 cm³/mol. The van der Waals surface area contributed by atoms with E-state index in [1.807, 2.05) is 36.4 Å². The van der Waals surface area contributed by atoms with Crippen LogP contribution in [0.3, 0.4) is 0 Å². The van der Waals surface area contributed by atoms with Gasteiger partial charge in [0.25, 0.3) is 0 Å². The molecule has 1 N–H and O–H groups in total. The molecule has 5 heteroatoms. The van der Waals surface area contributed by atoms with Crippen LogP contribution in [-0.4, -0.2) is 26.4 Å². The van der Waals surface area contributed by atoms with Crippen LogP contribution >= 0.6 is 0 Å². The van der Waals surface area contributed by atoms with Gasteiger partial charge in [-0.3, -0.25) is 4.90 Å². The summed E-state index contributed by atoms with van der Waals surface area (Å²) >= 11 is 0. The number of rotatable bonds is 5. The van der Waals surface area contributed by atoms with Gasteiger partial charge in [0.1, 0.15) is 12.4 Å². The fraction of sp³-hybridized carbons (Fsp3) is 0.278. The number of amides is 1. The molecule has 120 valence electrons. The Hall–Kier alpha value is -2.69. The molecular formula is C18H20N2O3. The number of hydrogen-bond donors (Lipinski definition) is 1. The zero-order valence-electron chi connectivity index (χ0n) is 13.3. The lowest BCUT2D eigenvalue weighted by molar-refractivity contribution is 0.181. The standard InChI is InChI=1S/C18H20N2O3/c1-13(14-6-4-3-5-7-14)19-15-8-9-17(22-2)16(12-15)20-10-11-23-18(20)21/h3-9,12-13,19H,10-11H2,1-2H3/t13-/m0/s1. The van der Waals surface area contributed by atoms with E-state index in [4.69, 9.17) is 9.47 Å². The van der Waals surface area contributed by atoms with Gasteiger partial charge in [0.05, 0.1) is 19.3 Å². The molecule has 0 spiro atoms. The van der Waals surface area contributed by atoms with Gasteiger partial charge in [0, 0.05) is 11.7 Å². The van der Waals surface area contributed by atoms with E-state index in [0.717, 1.165) is 11.4 Å². The third-order valence-corrected chi connectivity index (χ3v) is 3.91. The van der Waals surface area contributed by atoms with E-state index in [1.54, 1.807) is 12.0 Å². The molecule has 1 heterocycles. The fourth-order valence-electron chi connectivity index (χ4n) is 2.68. The molecule has 1 aliphatic heterocycles. The van der Waals surface area contributed by atoms with E-state index in [0.29, 0.717) is 18.9 Å². The first-order valence-corrected chi connectivity index (χ1v) is 7.63. The van der Waals surface area contributed by atoms with E-state index in [-0.39, 0.29) is 12.1 Å². The summed E-state index contributed by atoms with van der Waals surface area (Å²) in [7, 11) is 1.60. The van der Waals surface area contributed by atoms with Gasteiger partial charge in [-0.05, 0) is 30.7 Å². The summed E-state index contributed by atoms with van der Waals surface area (Å²) in [6.45, 7) is 3.04. The lowest BCUT2D eigenvalue weighted by atomic mass is 10.1. The third kappa shape index (κ3) is 3.23. The van der Waals surface area contributed by atoms with E-state index in [2.05, 4.69) is 24.4 Å². The average Bonchev–Trinajstić information content (AvgIpc) is 3.01. The molecule has 0 radical (unpaired) electrons. The van der Waals surface area contributed by atoms with Crippen molar-refractivity contribution in [2.75, 3.05) is 30.5 Å². The third-order valence-electron chi connectivity index (χ3n) is 3.91. The highest BCUT2D eigenvalue weighted by atomic mass is 16.6. The van der Waals surface area contributed by atoms with Gasteiger partial charge in [0.15, 0.2) is 0 Å². The maximum atomic E-state index is 11.8. The lowest BCUT2D eigenvalue weighted by Crippen LogP contribution is -2.24. The van der Waals surface area contributed by atoms with Crippen molar-refractivity contribution in [3.8, 4) is 5.75 Å². The summed E-state index contributed by atoms with van der Waals surface area (Å²) in [6, 6.07) is 16.1. The number of methoxy groups -OCH3 is 1. The predicted octanol–water partition coefficient (Wildman–Crippen LogP) is 3.82. The van der Waals surface area contributed by atoms with Crippen LogP contribution in [0.5, 0.6) is 5.75 Å². The highest BCUT2D eigenvalue weighted by Gasteiger charge is 2.26. The monoisotopic (exact) mass is 312 g/mol. The molecule has 0 bridgehead atoms. The molecule has 1 atom stereocenters. The number of anilines is 2. The van der Waals surface area contributed by atoms with Crippen molar-refractivity contribution in [1.29, 1.82) is 0 Å². The van der Waals surface area contributed by atoms with Crippen LogP contribution in [-0.2, 0) is 4.74 Å². The van der Waals surface area contributed by atoms with Crippen LogP contribution in [0.2, 0.25) is 0 Å². The molecule has 2 aromatic rings. The number of ether oxygens (including phenoxy) is 2. The Morgan fingerprint density at radius 2 is 2.00 bits per heavy atom. The molecule has 0 unspecified atom stereocenters. The Morgan fingerprint density at radius 3 is 2.65 bits per heavy atom. The van der Waals surface area contributed by atoms with Crippen LogP contribution in [0.25, 0.3) is 0 Å². The average molecular weight is 312 g/mol. The number of carbonyl (C=O) groups excluding carboxylic acids is 1. The van der Waals surface area contributed by atoms with E-state index >= 15 is 0 Å². The largest absolute Gasteiger partial charge is 0.495 e. The molecule has 0 aromatic heterocycles. The molecule has 1 aliphatic rings. The number of cyclic esters (lactones) is 1. The summed E-state index contributed by atoms with van der Waals surface area (Å²) in [4.78, 5) is 13.4. The molecule has 2 aromatic carbocycles. The highest BCUT2D eigenvalue weighted by molar-refractivity contribution is 5.92. The SMILES string of the molecule is COc1ccc(N[C@@H](C)c2ccccc2)cc1N1CCOC1=O. The van der Waals surface area contributed by atoms with Crippen molar-refractivity contribution in [1.82, 2.24) is 0 Å². The minimum atomic E-state index is -0.337. The first kappa shape index (κ1) is 15.2. The smallest absolute Gasteiger partial charge is 0.414 e. The van der Waals surface area contributed by atoms with Crippen molar-refractivity contribution in [2.24, 2.45) is 0 Å². The van der Waals surface area contributed by atoms with Gasteiger partial charge in [-0.1, -0.05) is 30.3 Å². The van der Waals surface area contributed by atoms with Crippen molar-refractivity contribution in [2.45, 2.75) is 13.0 Å². The zero-order chi connectivity index (χ0) is 16.2. The normalized spacial score (nSPS) is 15.2. The Labute approximate surface area is 135 Å². The summed E-state index contributed by atoms with van der Waals surface area (Å²) in [5.74, 6) is 0.654. The van der Waals surface area contributed by atoms with Gasteiger partial charge in [-0.15, -0.1) is 0 Å². The summed E-state index contributed by atoms with van der Waals surface area (Å²) in [6.07, 6.45) is -0.337. The van der Waals surface area contributed by atoms with Crippen molar-refractivity contribution in [3.05, 3.63) is 54.1 Å². The Balaban J connectivity index is 1.84. The number of hydrogen-bond acceptors (Lipinski definition) is 4. The maximum absolute atomic E-state index is 11.8. The van der Waals surface area contributed by atoms with Crippen molar-refractivity contribution in [3.63, 3.8) is 0 Å². The van der Waals surface area contributed by atoms with Crippen molar-refractivity contribution < 1.29 is 14.3 Å². The summed E-state index contributed by atoms with van der Waals surface area (Å²) in [5.41, 5.74) is 2.85. The second kappa shape index (κ2) is 6.60. The van der Waals surface area contributed by atoms with Crippen molar-refractivity contribution >= 4 is 17.5 Å². The molecule has 0 saturated carbocycles. The number of carbonyl (C=O) groups is 1. The maximum Gasteiger partial charge on any atom is 0.414 e. The van der Waals surface area contributed by atoms with Gasteiger partial charge < -0.3 is 14.8 Å². The number of nitrogens with zero attached hydrogens (tertiary/aromatic N) is 1. The van der Waals surface area contributed by atoms with Crippen LogP contribution in [0.4, 0.5) is 16.2 Å². The Morgan fingerprint density at radius 1 is 1.22 bits per heavy atom. The Bertz CT molecular complexity index is 688. The zero-order valence-corrected chi connectivity index (χ0v) is 13.3. The number of benzene rings is 2. The molecule has 23 heavy (non-hydrogen) atoms. The van der Waals surface area contributed by atoms with E-state index < -0.39 is 0 Å².